The van der Waals surface area contributed by atoms with E-state index in [0.29, 0.717) is 31.2 Å². The number of hydrogen-bond donors (Lipinski definition) is 1. The molecule has 1 aromatic carbocycles. The number of carbonyl (C=O) groups is 1. The fraction of sp³-hybridized carbons (Fsp3) is 0.417. The van der Waals surface area contributed by atoms with Gasteiger partial charge in [-0.3, -0.25) is 0 Å². The molecule has 2 rings (SSSR count). The van der Waals surface area contributed by atoms with Gasteiger partial charge in [-0.1, -0.05) is 11.6 Å². The van der Waals surface area contributed by atoms with Crippen molar-refractivity contribution in [2.24, 2.45) is 0 Å². The molecule has 0 saturated carbocycles. The van der Waals surface area contributed by atoms with Gasteiger partial charge in [0.05, 0.1) is 12.8 Å². The maximum absolute atomic E-state index is 10.8. The van der Waals surface area contributed by atoms with Gasteiger partial charge >= 0.3 is 6.09 Å². The lowest BCUT2D eigenvalue weighted by Crippen LogP contribution is -2.48. The van der Waals surface area contributed by atoms with Crippen LogP contribution in [0.25, 0.3) is 0 Å². The lowest BCUT2D eigenvalue weighted by Gasteiger charge is -2.35. The second-order valence-electron chi connectivity index (χ2n) is 4.07. The standard InChI is InChI=1S/C12H15ClN2O3/c1-18-11-3-2-9(13)8-10(11)14-4-6-15(7-5-14)12(16)17/h2-3,8H,4-7H2,1H3,(H,16,17). The highest BCUT2D eigenvalue weighted by Crippen LogP contribution is 2.31. The molecule has 0 radical (unpaired) electrons. The highest BCUT2D eigenvalue weighted by atomic mass is 35.5. The van der Waals surface area contributed by atoms with Gasteiger partial charge in [0, 0.05) is 31.2 Å². The van der Waals surface area contributed by atoms with Crippen LogP contribution in [-0.2, 0) is 0 Å². The van der Waals surface area contributed by atoms with Crippen LogP contribution in [0.2, 0.25) is 5.02 Å². The SMILES string of the molecule is COc1ccc(Cl)cc1N1CCN(C(=O)O)CC1. The molecule has 1 fully saturated rings. The van der Waals surface area contributed by atoms with Crippen molar-refractivity contribution in [3.63, 3.8) is 0 Å². The summed E-state index contributed by atoms with van der Waals surface area (Å²) < 4.78 is 5.30. The van der Waals surface area contributed by atoms with Crippen molar-refractivity contribution in [1.82, 2.24) is 4.90 Å². The Morgan fingerprint density at radius 3 is 2.56 bits per heavy atom. The van der Waals surface area contributed by atoms with Gasteiger partial charge in [-0.2, -0.15) is 0 Å². The van der Waals surface area contributed by atoms with Crippen LogP contribution in [0.4, 0.5) is 10.5 Å². The Morgan fingerprint density at radius 1 is 1.33 bits per heavy atom. The van der Waals surface area contributed by atoms with E-state index in [-0.39, 0.29) is 0 Å². The number of anilines is 1. The normalized spacial score (nSPS) is 15.7. The molecule has 1 saturated heterocycles. The van der Waals surface area contributed by atoms with E-state index in [1.807, 2.05) is 12.1 Å². The Bertz CT molecular complexity index is 445. The minimum Gasteiger partial charge on any atom is -0.495 e. The van der Waals surface area contributed by atoms with Gasteiger partial charge in [0.1, 0.15) is 5.75 Å². The van der Waals surface area contributed by atoms with E-state index in [4.69, 9.17) is 21.4 Å². The van der Waals surface area contributed by atoms with E-state index >= 15 is 0 Å². The predicted octanol–water partition coefficient (Wildman–Crippen LogP) is 2.15. The van der Waals surface area contributed by atoms with Crippen LogP contribution in [0.15, 0.2) is 18.2 Å². The van der Waals surface area contributed by atoms with E-state index in [2.05, 4.69) is 4.90 Å². The topological polar surface area (TPSA) is 53.0 Å². The monoisotopic (exact) mass is 270 g/mol. The summed E-state index contributed by atoms with van der Waals surface area (Å²) in [5, 5.41) is 9.55. The number of benzene rings is 1. The Labute approximate surface area is 111 Å². The average Bonchev–Trinajstić information content (AvgIpc) is 2.39. The number of carboxylic acid groups (broad SMARTS) is 1. The van der Waals surface area contributed by atoms with Crippen molar-refractivity contribution < 1.29 is 14.6 Å². The molecule has 5 nitrogen and oxygen atoms in total. The molecule has 1 aromatic rings. The number of ether oxygens (including phenoxy) is 1. The summed E-state index contributed by atoms with van der Waals surface area (Å²) in [6, 6.07) is 5.44. The van der Waals surface area contributed by atoms with Gasteiger partial charge in [0.15, 0.2) is 0 Å². The molecule has 1 heterocycles. The molecule has 98 valence electrons. The van der Waals surface area contributed by atoms with E-state index in [9.17, 15) is 4.79 Å². The number of halogens is 1. The fourth-order valence-corrected chi connectivity index (χ4v) is 2.22. The number of amides is 1. The largest absolute Gasteiger partial charge is 0.495 e. The van der Waals surface area contributed by atoms with E-state index in [1.165, 1.54) is 4.90 Å². The Kier molecular flexibility index (Phi) is 3.81. The molecule has 0 bridgehead atoms. The second kappa shape index (κ2) is 5.35. The van der Waals surface area contributed by atoms with Crippen LogP contribution in [0.5, 0.6) is 5.75 Å². The van der Waals surface area contributed by atoms with Crippen molar-refractivity contribution in [2.75, 3.05) is 38.2 Å². The summed E-state index contributed by atoms with van der Waals surface area (Å²) in [6.07, 6.45) is -0.868. The summed E-state index contributed by atoms with van der Waals surface area (Å²) in [5.74, 6) is 0.753. The zero-order chi connectivity index (χ0) is 13.1. The zero-order valence-corrected chi connectivity index (χ0v) is 10.9. The molecule has 0 spiro atoms. The molecular formula is C12H15ClN2O3. The van der Waals surface area contributed by atoms with E-state index in [1.54, 1.807) is 13.2 Å². The second-order valence-corrected chi connectivity index (χ2v) is 4.51. The highest BCUT2D eigenvalue weighted by molar-refractivity contribution is 6.30. The Morgan fingerprint density at radius 2 is 2.00 bits per heavy atom. The number of piperazine rings is 1. The van der Waals surface area contributed by atoms with Crippen LogP contribution in [0, 0.1) is 0 Å². The molecule has 1 aliphatic heterocycles. The summed E-state index contributed by atoms with van der Waals surface area (Å²) in [4.78, 5) is 14.3. The van der Waals surface area contributed by atoms with Gasteiger partial charge in [-0.25, -0.2) is 4.79 Å². The lowest BCUT2D eigenvalue weighted by molar-refractivity contribution is 0.142. The molecule has 0 aromatic heterocycles. The van der Waals surface area contributed by atoms with Gasteiger partial charge in [0.2, 0.25) is 0 Å². The first-order valence-electron chi connectivity index (χ1n) is 5.68. The van der Waals surface area contributed by atoms with Crippen LogP contribution in [0.3, 0.4) is 0 Å². The maximum Gasteiger partial charge on any atom is 0.407 e. The number of nitrogens with zero attached hydrogens (tertiary/aromatic N) is 2. The Hall–Kier alpha value is -1.62. The number of methoxy groups -OCH3 is 1. The average molecular weight is 271 g/mol. The lowest BCUT2D eigenvalue weighted by atomic mass is 10.2. The molecular weight excluding hydrogens is 256 g/mol. The first kappa shape index (κ1) is 12.8. The summed E-state index contributed by atoms with van der Waals surface area (Å²) in [6.45, 7) is 2.27. The van der Waals surface area contributed by atoms with Gasteiger partial charge in [-0.05, 0) is 18.2 Å². The van der Waals surface area contributed by atoms with Crippen LogP contribution < -0.4 is 9.64 Å². The third kappa shape index (κ3) is 2.61. The summed E-state index contributed by atoms with van der Waals surface area (Å²) >= 11 is 5.99. The first-order valence-corrected chi connectivity index (χ1v) is 6.06. The quantitative estimate of drug-likeness (QED) is 0.895. The minimum atomic E-state index is -0.868. The van der Waals surface area contributed by atoms with Crippen LogP contribution in [0.1, 0.15) is 0 Å². The van der Waals surface area contributed by atoms with E-state index < -0.39 is 6.09 Å². The minimum absolute atomic E-state index is 0.491. The third-order valence-electron chi connectivity index (χ3n) is 3.03. The number of rotatable bonds is 2. The highest BCUT2D eigenvalue weighted by Gasteiger charge is 2.22. The van der Waals surface area contributed by atoms with Crippen molar-refractivity contribution in [3.8, 4) is 5.75 Å². The molecule has 1 N–H and O–H groups in total. The van der Waals surface area contributed by atoms with E-state index in [0.717, 1.165) is 11.4 Å². The zero-order valence-electron chi connectivity index (χ0n) is 10.1. The van der Waals surface area contributed by atoms with Crippen molar-refractivity contribution >= 4 is 23.4 Å². The smallest absolute Gasteiger partial charge is 0.407 e. The summed E-state index contributed by atoms with van der Waals surface area (Å²) in [7, 11) is 1.61. The Balaban J connectivity index is 2.14. The molecule has 6 heteroatoms. The predicted molar refractivity (Wildman–Crippen MR) is 69.8 cm³/mol. The molecule has 1 amide bonds. The number of hydrogen-bond acceptors (Lipinski definition) is 3. The fourth-order valence-electron chi connectivity index (χ4n) is 2.05. The molecule has 18 heavy (non-hydrogen) atoms. The summed E-state index contributed by atoms with van der Waals surface area (Å²) in [5.41, 5.74) is 0.912. The third-order valence-corrected chi connectivity index (χ3v) is 3.27. The molecule has 0 atom stereocenters. The van der Waals surface area contributed by atoms with Crippen molar-refractivity contribution in [3.05, 3.63) is 23.2 Å². The molecule has 0 unspecified atom stereocenters. The van der Waals surface area contributed by atoms with Crippen molar-refractivity contribution in [2.45, 2.75) is 0 Å². The van der Waals surface area contributed by atoms with Crippen molar-refractivity contribution in [1.29, 1.82) is 0 Å². The van der Waals surface area contributed by atoms with Gasteiger partial charge in [0.25, 0.3) is 0 Å². The van der Waals surface area contributed by atoms with Gasteiger partial charge < -0.3 is 19.6 Å². The van der Waals surface area contributed by atoms with Gasteiger partial charge in [-0.15, -0.1) is 0 Å². The molecule has 0 aliphatic carbocycles. The van der Waals surface area contributed by atoms with Crippen LogP contribution >= 0.6 is 11.6 Å². The maximum atomic E-state index is 10.8. The van der Waals surface area contributed by atoms with Crippen LogP contribution in [-0.4, -0.2) is 49.4 Å². The first-order chi connectivity index (χ1) is 8.61. The molecule has 1 aliphatic rings.